The Hall–Kier alpha value is -1.26. The molecule has 5 heteroatoms. The maximum Gasteiger partial charge on any atom is 0.267 e. The van der Waals surface area contributed by atoms with E-state index in [4.69, 9.17) is 5.11 Å². The third-order valence-electron chi connectivity index (χ3n) is 1.34. The Morgan fingerprint density at radius 2 is 2.08 bits per heavy atom. The standard InChI is InChI=1S/C7H6F3NO/c1-3-2-4(6(8)9)5(12)7(10)11-3/h2,6,12H,1H3. The van der Waals surface area contributed by atoms with Crippen LogP contribution in [0.1, 0.15) is 17.7 Å². The minimum atomic E-state index is -2.89. The highest BCUT2D eigenvalue weighted by molar-refractivity contribution is 5.32. The second-order valence-electron chi connectivity index (χ2n) is 2.29. The molecule has 0 fully saturated rings. The van der Waals surface area contributed by atoms with Crippen LogP contribution in [0.3, 0.4) is 0 Å². The van der Waals surface area contributed by atoms with Gasteiger partial charge in [0.25, 0.3) is 12.4 Å². The normalized spacial score (nSPS) is 10.8. The Balaban J connectivity index is 3.28. The summed E-state index contributed by atoms with van der Waals surface area (Å²) in [7, 11) is 0. The number of alkyl halides is 2. The number of aromatic hydroxyl groups is 1. The highest BCUT2D eigenvalue weighted by atomic mass is 19.3. The van der Waals surface area contributed by atoms with Crippen LogP contribution in [0.2, 0.25) is 0 Å². The van der Waals surface area contributed by atoms with E-state index in [1.54, 1.807) is 0 Å². The number of halogens is 3. The van der Waals surface area contributed by atoms with Crippen LogP contribution in [0, 0.1) is 12.9 Å². The zero-order chi connectivity index (χ0) is 9.30. The first-order valence-electron chi connectivity index (χ1n) is 3.16. The van der Waals surface area contributed by atoms with Gasteiger partial charge in [-0.05, 0) is 13.0 Å². The molecule has 0 aliphatic carbocycles. The molecule has 0 saturated carbocycles. The van der Waals surface area contributed by atoms with E-state index in [9.17, 15) is 13.2 Å². The molecule has 0 spiro atoms. The minimum absolute atomic E-state index is 0.112. The van der Waals surface area contributed by atoms with Gasteiger partial charge >= 0.3 is 0 Å². The van der Waals surface area contributed by atoms with E-state index in [2.05, 4.69) is 4.98 Å². The summed E-state index contributed by atoms with van der Waals surface area (Å²) in [6.45, 7) is 1.37. The van der Waals surface area contributed by atoms with Gasteiger partial charge in [-0.2, -0.15) is 4.39 Å². The number of aromatic nitrogens is 1. The second kappa shape index (κ2) is 3.00. The van der Waals surface area contributed by atoms with Crippen molar-refractivity contribution < 1.29 is 18.3 Å². The second-order valence-corrected chi connectivity index (χ2v) is 2.29. The van der Waals surface area contributed by atoms with Gasteiger partial charge in [-0.3, -0.25) is 0 Å². The molecule has 0 bridgehead atoms. The van der Waals surface area contributed by atoms with Gasteiger partial charge in [0.05, 0.1) is 5.56 Å². The van der Waals surface area contributed by atoms with Gasteiger partial charge in [0.15, 0.2) is 5.75 Å². The highest BCUT2D eigenvalue weighted by Gasteiger charge is 2.17. The zero-order valence-electron chi connectivity index (χ0n) is 6.18. The van der Waals surface area contributed by atoms with Gasteiger partial charge in [0.1, 0.15) is 0 Å². The van der Waals surface area contributed by atoms with E-state index in [0.717, 1.165) is 6.07 Å². The first kappa shape index (κ1) is 8.83. The molecule has 0 radical (unpaired) electrons. The van der Waals surface area contributed by atoms with E-state index in [1.165, 1.54) is 6.92 Å². The third kappa shape index (κ3) is 1.49. The van der Waals surface area contributed by atoms with Crippen LogP contribution in [-0.2, 0) is 0 Å². The predicted octanol–water partition coefficient (Wildman–Crippen LogP) is 2.17. The third-order valence-corrected chi connectivity index (χ3v) is 1.34. The van der Waals surface area contributed by atoms with Gasteiger partial charge in [-0.1, -0.05) is 0 Å². The fraction of sp³-hybridized carbons (Fsp3) is 0.286. The lowest BCUT2D eigenvalue weighted by molar-refractivity contribution is 0.146. The van der Waals surface area contributed by atoms with Crippen molar-refractivity contribution in [2.24, 2.45) is 0 Å². The Kier molecular flexibility index (Phi) is 2.21. The molecule has 0 unspecified atom stereocenters. The van der Waals surface area contributed by atoms with Crippen molar-refractivity contribution >= 4 is 0 Å². The lowest BCUT2D eigenvalue weighted by Gasteiger charge is -2.04. The molecular weight excluding hydrogens is 171 g/mol. The fourth-order valence-corrected chi connectivity index (χ4v) is 0.819. The summed E-state index contributed by atoms with van der Waals surface area (Å²) in [5, 5.41) is 8.77. The number of nitrogens with zero attached hydrogens (tertiary/aromatic N) is 1. The van der Waals surface area contributed by atoms with Crippen molar-refractivity contribution in [3.63, 3.8) is 0 Å². The quantitative estimate of drug-likeness (QED) is 0.667. The summed E-state index contributed by atoms with van der Waals surface area (Å²) in [5.74, 6) is -2.33. The molecule has 0 aliphatic heterocycles. The molecule has 0 aliphatic rings. The molecule has 0 atom stereocenters. The first-order valence-corrected chi connectivity index (χ1v) is 3.16. The van der Waals surface area contributed by atoms with E-state index in [1.807, 2.05) is 0 Å². The Morgan fingerprint density at radius 1 is 1.50 bits per heavy atom. The summed E-state index contributed by atoms with van der Waals surface area (Å²) in [5.41, 5.74) is -0.611. The van der Waals surface area contributed by atoms with Crippen molar-refractivity contribution in [3.05, 3.63) is 23.3 Å². The maximum atomic E-state index is 12.5. The summed E-state index contributed by atoms with van der Waals surface area (Å²) in [6.07, 6.45) is -2.89. The maximum absolute atomic E-state index is 12.5. The molecule has 12 heavy (non-hydrogen) atoms. The molecule has 0 amide bonds. The van der Waals surface area contributed by atoms with Crippen molar-refractivity contribution in [2.75, 3.05) is 0 Å². The number of hydrogen-bond acceptors (Lipinski definition) is 2. The monoisotopic (exact) mass is 177 g/mol. The molecule has 1 N–H and O–H groups in total. The first-order chi connectivity index (χ1) is 5.52. The molecule has 1 aromatic heterocycles. The smallest absolute Gasteiger partial charge is 0.267 e. The van der Waals surface area contributed by atoms with Gasteiger partial charge in [-0.25, -0.2) is 13.8 Å². The number of hydrogen-bond donors (Lipinski definition) is 1. The molecule has 1 heterocycles. The fourth-order valence-electron chi connectivity index (χ4n) is 0.819. The van der Waals surface area contributed by atoms with Crippen LogP contribution in [0.25, 0.3) is 0 Å². The Bertz CT molecular complexity index is 301. The van der Waals surface area contributed by atoms with Crippen molar-refractivity contribution in [1.82, 2.24) is 4.98 Å². The van der Waals surface area contributed by atoms with Crippen LogP contribution in [0.15, 0.2) is 6.07 Å². The molecule has 0 saturated heterocycles. The topological polar surface area (TPSA) is 33.1 Å². The van der Waals surface area contributed by atoms with Gasteiger partial charge in [0, 0.05) is 5.69 Å². The molecule has 1 rings (SSSR count). The summed E-state index contributed by atoms with van der Waals surface area (Å²) >= 11 is 0. The van der Waals surface area contributed by atoms with Crippen LogP contribution >= 0.6 is 0 Å². The molecular formula is C7H6F3NO. The van der Waals surface area contributed by atoms with Gasteiger partial charge < -0.3 is 5.11 Å². The summed E-state index contributed by atoms with van der Waals surface area (Å²) < 4.78 is 36.6. The summed E-state index contributed by atoms with van der Waals surface area (Å²) in [6, 6.07) is 0.948. The average molecular weight is 177 g/mol. The lowest BCUT2D eigenvalue weighted by atomic mass is 10.2. The SMILES string of the molecule is Cc1cc(C(F)F)c(O)c(F)n1. The van der Waals surface area contributed by atoms with Crippen molar-refractivity contribution in [1.29, 1.82) is 0 Å². The van der Waals surface area contributed by atoms with Gasteiger partial charge in [0.2, 0.25) is 0 Å². The van der Waals surface area contributed by atoms with Crippen molar-refractivity contribution in [2.45, 2.75) is 13.3 Å². The minimum Gasteiger partial charge on any atom is -0.503 e. The van der Waals surface area contributed by atoms with Crippen LogP contribution in [0.4, 0.5) is 13.2 Å². The number of pyridine rings is 1. The van der Waals surface area contributed by atoms with E-state index in [0.29, 0.717) is 0 Å². The number of aryl methyl sites for hydroxylation is 1. The van der Waals surface area contributed by atoms with Crippen molar-refractivity contribution in [3.8, 4) is 5.75 Å². The summed E-state index contributed by atoms with van der Waals surface area (Å²) in [4.78, 5) is 3.17. The molecule has 0 aromatic carbocycles. The Morgan fingerprint density at radius 3 is 2.58 bits per heavy atom. The van der Waals surface area contributed by atoms with Crippen LogP contribution in [0.5, 0.6) is 5.75 Å². The van der Waals surface area contributed by atoms with Crippen LogP contribution in [-0.4, -0.2) is 10.1 Å². The van der Waals surface area contributed by atoms with Gasteiger partial charge in [-0.15, -0.1) is 0 Å². The largest absolute Gasteiger partial charge is 0.503 e. The highest BCUT2D eigenvalue weighted by Crippen LogP contribution is 2.29. The van der Waals surface area contributed by atoms with E-state index in [-0.39, 0.29) is 5.69 Å². The average Bonchev–Trinajstić information content (AvgIpc) is 1.96. The number of rotatable bonds is 1. The molecule has 66 valence electrons. The van der Waals surface area contributed by atoms with Crippen LogP contribution < -0.4 is 0 Å². The molecule has 1 aromatic rings. The predicted molar refractivity (Wildman–Crippen MR) is 35.6 cm³/mol. The van der Waals surface area contributed by atoms with E-state index < -0.39 is 23.7 Å². The van der Waals surface area contributed by atoms with E-state index >= 15 is 0 Å². The zero-order valence-corrected chi connectivity index (χ0v) is 6.18. The lowest BCUT2D eigenvalue weighted by Crippen LogP contribution is -1.94. The Labute approximate surface area is 66.7 Å². The molecule has 2 nitrogen and oxygen atoms in total.